The summed E-state index contributed by atoms with van der Waals surface area (Å²) in [4.78, 5) is 13.0. The summed E-state index contributed by atoms with van der Waals surface area (Å²) in [6.45, 7) is -0.966. The number of guanidine groups is 2. The first-order valence-corrected chi connectivity index (χ1v) is 11.4. The van der Waals surface area contributed by atoms with Gasteiger partial charge in [-0.25, -0.2) is 23.4 Å². The molecule has 164 valence electrons. The van der Waals surface area contributed by atoms with Crippen molar-refractivity contribution < 1.29 is 21.6 Å². The van der Waals surface area contributed by atoms with E-state index in [-0.39, 0.29) is 11.8 Å². The van der Waals surface area contributed by atoms with Crippen LogP contribution in [-0.2, 0) is 10.0 Å². The maximum Gasteiger partial charge on any atom is 0.408 e. The maximum absolute atomic E-state index is 12.2. The highest BCUT2D eigenvalue weighted by Gasteiger charge is 2.26. The number of anilines is 1. The molecule has 29 heavy (non-hydrogen) atoms. The van der Waals surface area contributed by atoms with Crippen LogP contribution in [0.15, 0.2) is 25.2 Å². The monoisotopic (exact) mass is 520 g/mol. The standard InChI is InChI=1S/C13H20BrF3N8O2S2/c1-25(11(19)24-29(2,26)27)4-3-5-28-12-20-6-8(14)9(23-12)22-10(18)21-7-13(15,16)17/h6H,3-5,7H2,1-2H3,(H2,19,24)(H3,18,20,21,22,23). The Morgan fingerprint density at radius 3 is 2.66 bits per heavy atom. The average molecular weight is 521 g/mol. The van der Waals surface area contributed by atoms with Gasteiger partial charge in [0.05, 0.1) is 10.7 Å². The van der Waals surface area contributed by atoms with E-state index in [1.807, 2.05) is 0 Å². The number of hydrogen-bond acceptors (Lipinski definition) is 6. The molecule has 0 fully saturated rings. The van der Waals surface area contributed by atoms with Gasteiger partial charge in [0, 0.05) is 25.5 Å². The van der Waals surface area contributed by atoms with Crippen LogP contribution in [0.25, 0.3) is 0 Å². The van der Waals surface area contributed by atoms with Gasteiger partial charge in [-0.15, -0.1) is 4.40 Å². The molecule has 0 radical (unpaired) electrons. The Morgan fingerprint density at radius 2 is 2.07 bits per heavy atom. The molecule has 5 N–H and O–H groups in total. The molecular formula is C13H20BrF3N8O2S2. The van der Waals surface area contributed by atoms with E-state index in [9.17, 15) is 21.6 Å². The van der Waals surface area contributed by atoms with Crippen molar-refractivity contribution in [1.29, 1.82) is 0 Å². The van der Waals surface area contributed by atoms with E-state index in [1.165, 1.54) is 22.9 Å². The number of sulfonamides is 1. The van der Waals surface area contributed by atoms with E-state index in [1.54, 1.807) is 7.05 Å². The summed E-state index contributed by atoms with van der Waals surface area (Å²) in [5.41, 5.74) is 11.0. The van der Waals surface area contributed by atoms with Gasteiger partial charge in [-0.1, -0.05) is 11.8 Å². The third-order valence-electron chi connectivity index (χ3n) is 2.92. The van der Waals surface area contributed by atoms with Crippen LogP contribution in [0, 0.1) is 0 Å². The number of nitrogens with one attached hydrogen (secondary N) is 1. The molecule has 10 nitrogen and oxygen atoms in total. The molecule has 0 aliphatic carbocycles. The smallest absolute Gasteiger partial charge is 0.370 e. The molecule has 16 heteroatoms. The summed E-state index contributed by atoms with van der Waals surface area (Å²) in [6, 6.07) is 0. The molecule has 0 atom stereocenters. The molecule has 0 aliphatic heterocycles. The third-order valence-corrected chi connectivity index (χ3v) is 4.96. The number of alkyl halides is 3. The van der Waals surface area contributed by atoms with Crippen molar-refractivity contribution in [2.24, 2.45) is 20.9 Å². The molecule has 0 aliphatic rings. The van der Waals surface area contributed by atoms with Crippen LogP contribution in [0.5, 0.6) is 0 Å². The van der Waals surface area contributed by atoms with Gasteiger partial charge in [-0.2, -0.15) is 13.2 Å². The van der Waals surface area contributed by atoms with Crippen LogP contribution in [0.4, 0.5) is 19.0 Å². The molecule has 0 saturated carbocycles. The van der Waals surface area contributed by atoms with Gasteiger partial charge in [0.15, 0.2) is 16.9 Å². The Balaban J connectivity index is 2.60. The van der Waals surface area contributed by atoms with Crippen LogP contribution in [0.1, 0.15) is 6.42 Å². The zero-order valence-corrected chi connectivity index (χ0v) is 18.7. The van der Waals surface area contributed by atoms with E-state index in [4.69, 9.17) is 11.5 Å². The van der Waals surface area contributed by atoms with Crippen LogP contribution in [0.3, 0.4) is 0 Å². The Bertz CT molecular complexity index is 864. The zero-order chi connectivity index (χ0) is 22.2. The summed E-state index contributed by atoms with van der Waals surface area (Å²) in [5, 5.41) is 2.85. The van der Waals surface area contributed by atoms with Gasteiger partial charge in [-0.05, 0) is 22.4 Å². The van der Waals surface area contributed by atoms with Gasteiger partial charge in [0.25, 0.3) is 10.0 Å². The molecule has 0 aromatic carbocycles. The fraction of sp³-hybridized carbons (Fsp3) is 0.538. The van der Waals surface area contributed by atoms with Crippen LogP contribution >= 0.6 is 27.7 Å². The second kappa shape index (κ2) is 10.8. The zero-order valence-electron chi connectivity index (χ0n) is 15.4. The lowest BCUT2D eigenvalue weighted by Crippen LogP contribution is -2.35. The normalized spacial score (nSPS) is 13.4. The summed E-state index contributed by atoms with van der Waals surface area (Å²) in [7, 11) is -1.96. The van der Waals surface area contributed by atoms with E-state index < -0.39 is 28.7 Å². The quantitative estimate of drug-likeness (QED) is 0.151. The van der Waals surface area contributed by atoms with Crippen molar-refractivity contribution in [3.63, 3.8) is 0 Å². The number of nitrogens with zero attached hydrogens (tertiary/aromatic N) is 5. The largest absolute Gasteiger partial charge is 0.408 e. The third kappa shape index (κ3) is 11.1. The van der Waals surface area contributed by atoms with E-state index in [2.05, 4.69) is 40.6 Å². The predicted octanol–water partition coefficient (Wildman–Crippen LogP) is 1.22. The predicted molar refractivity (Wildman–Crippen MR) is 110 cm³/mol. The van der Waals surface area contributed by atoms with Crippen molar-refractivity contribution in [2.45, 2.75) is 17.8 Å². The van der Waals surface area contributed by atoms with Crippen LogP contribution in [-0.4, -0.2) is 73.5 Å². The molecule has 1 heterocycles. The van der Waals surface area contributed by atoms with Crippen molar-refractivity contribution in [3.8, 4) is 0 Å². The first-order chi connectivity index (χ1) is 13.3. The number of aromatic nitrogens is 2. The summed E-state index contributed by atoms with van der Waals surface area (Å²) >= 11 is 4.46. The minimum Gasteiger partial charge on any atom is -0.370 e. The number of nitrogens with two attached hydrogens (primary N) is 2. The van der Waals surface area contributed by atoms with Gasteiger partial charge in [0.2, 0.25) is 5.96 Å². The lowest BCUT2D eigenvalue weighted by molar-refractivity contribution is -0.118. The van der Waals surface area contributed by atoms with Crippen LogP contribution < -0.4 is 16.8 Å². The summed E-state index contributed by atoms with van der Waals surface area (Å²) in [6.07, 6.45) is -1.48. The second-order valence-electron chi connectivity index (χ2n) is 5.60. The summed E-state index contributed by atoms with van der Waals surface area (Å²) < 4.78 is 62.5. The number of aliphatic imine (C=N–C) groups is 1. The van der Waals surface area contributed by atoms with Crippen molar-refractivity contribution >= 4 is 55.5 Å². The highest BCUT2D eigenvalue weighted by Crippen LogP contribution is 2.23. The van der Waals surface area contributed by atoms with Gasteiger partial charge in [-0.3, -0.25) is 0 Å². The molecule has 0 bridgehead atoms. The molecular weight excluding hydrogens is 501 g/mol. The average Bonchev–Trinajstić information content (AvgIpc) is 2.57. The van der Waals surface area contributed by atoms with E-state index >= 15 is 0 Å². The molecule has 0 spiro atoms. The minimum absolute atomic E-state index is 0.113. The highest BCUT2D eigenvalue weighted by atomic mass is 79.9. The highest BCUT2D eigenvalue weighted by molar-refractivity contribution is 9.10. The van der Waals surface area contributed by atoms with Gasteiger partial charge in [0.1, 0.15) is 6.54 Å². The molecule has 0 amide bonds. The minimum atomic E-state index is -4.46. The van der Waals surface area contributed by atoms with E-state index in [0.717, 1.165) is 6.26 Å². The fourth-order valence-corrected chi connectivity index (χ4v) is 3.17. The molecule has 1 rings (SSSR count). The Morgan fingerprint density at radius 1 is 1.41 bits per heavy atom. The Hall–Kier alpha value is -1.81. The van der Waals surface area contributed by atoms with Gasteiger partial charge < -0.3 is 21.7 Å². The lowest BCUT2D eigenvalue weighted by Gasteiger charge is -2.17. The lowest BCUT2D eigenvalue weighted by atomic mass is 10.4. The Kier molecular flexibility index (Phi) is 9.41. The molecule has 0 saturated heterocycles. The van der Waals surface area contributed by atoms with Gasteiger partial charge >= 0.3 is 6.18 Å². The number of thioether (sulfide) groups is 1. The maximum atomic E-state index is 12.2. The van der Waals surface area contributed by atoms with Crippen LogP contribution in [0.2, 0.25) is 0 Å². The SMILES string of the molecule is CN(CCCSc1ncc(Br)c(NC(N)=NCC(F)(F)F)n1)C(N)=NS(C)(=O)=O. The molecule has 1 aromatic heterocycles. The van der Waals surface area contributed by atoms with Crippen molar-refractivity contribution in [3.05, 3.63) is 10.7 Å². The number of rotatable bonds is 8. The summed E-state index contributed by atoms with van der Waals surface area (Å²) in [5.74, 6) is 0.194. The second-order valence-corrected chi connectivity index (χ2v) is 9.16. The molecule has 1 aromatic rings. The topological polar surface area (TPSA) is 152 Å². The van der Waals surface area contributed by atoms with E-state index in [0.29, 0.717) is 28.3 Å². The van der Waals surface area contributed by atoms with Crippen molar-refractivity contribution in [1.82, 2.24) is 14.9 Å². The first-order valence-electron chi connectivity index (χ1n) is 7.82. The first kappa shape index (κ1) is 25.2. The number of hydrogen-bond donors (Lipinski definition) is 3. The Labute approximate surface area is 178 Å². The molecule has 0 unspecified atom stereocenters. The number of halogens is 4. The fourth-order valence-electron chi connectivity index (χ4n) is 1.66. The van der Waals surface area contributed by atoms with Crippen molar-refractivity contribution in [2.75, 3.05) is 37.5 Å².